The molecule has 0 aromatic rings. The van der Waals surface area contributed by atoms with Gasteiger partial charge in [-0.1, -0.05) is 33.9 Å². The van der Waals surface area contributed by atoms with Crippen LogP contribution >= 0.6 is 0 Å². The Labute approximate surface area is 122 Å². The fourth-order valence-corrected chi connectivity index (χ4v) is 5.12. The monoisotopic (exact) mass is 301 g/mol. The maximum Gasteiger partial charge on any atom is 0.307 e. The van der Waals surface area contributed by atoms with Crippen molar-refractivity contribution < 1.29 is 19.4 Å². The molecule has 0 saturated carbocycles. The highest BCUT2D eigenvalue weighted by Gasteiger charge is 2.58. The van der Waals surface area contributed by atoms with Crippen LogP contribution in [0.2, 0.25) is 18.1 Å². The lowest BCUT2D eigenvalue weighted by atomic mass is 9.84. The van der Waals surface area contributed by atoms with Gasteiger partial charge in [0.2, 0.25) is 5.91 Å². The molecule has 1 aliphatic rings. The van der Waals surface area contributed by atoms with Crippen LogP contribution in [0, 0.1) is 5.92 Å². The summed E-state index contributed by atoms with van der Waals surface area (Å²) in [6.07, 6.45) is -0.581. The average molecular weight is 301 g/mol. The summed E-state index contributed by atoms with van der Waals surface area (Å²) in [6, 6.07) is -0.240. The van der Waals surface area contributed by atoms with Crippen molar-refractivity contribution in [2.45, 2.75) is 64.4 Å². The van der Waals surface area contributed by atoms with E-state index in [9.17, 15) is 14.7 Å². The molecule has 116 valence electrons. The van der Waals surface area contributed by atoms with E-state index in [-0.39, 0.29) is 29.4 Å². The molecule has 0 spiro atoms. The van der Waals surface area contributed by atoms with Gasteiger partial charge in [-0.2, -0.15) is 0 Å². The number of aliphatic hydroxyl groups excluding tert-OH is 1. The molecule has 1 N–H and O–H groups in total. The van der Waals surface area contributed by atoms with Crippen molar-refractivity contribution in [3.63, 3.8) is 0 Å². The summed E-state index contributed by atoms with van der Waals surface area (Å²) in [4.78, 5) is 24.0. The first-order valence-electron chi connectivity index (χ1n) is 7.03. The summed E-state index contributed by atoms with van der Waals surface area (Å²) >= 11 is 0. The van der Waals surface area contributed by atoms with Crippen molar-refractivity contribution in [3.05, 3.63) is 0 Å². The smallest absolute Gasteiger partial charge is 0.307 e. The van der Waals surface area contributed by atoms with Gasteiger partial charge < -0.3 is 14.4 Å². The number of amides is 1. The van der Waals surface area contributed by atoms with E-state index in [2.05, 4.69) is 33.9 Å². The summed E-state index contributed by atoms with van der Waals surface area (Å²) in [5.74, 6) is -0.847. The van der Waals surface area contributed by atoms with E-state index in [1.807, 2.05) is 4.57 Å². The van der Waals surface area contributed by atoms with Crippen molar-refractivity contribution in [2.24, 2.45) is 5.92 Å². The molecule has 0 aliphatic carbocycles. The summed E-state index contributed by atoms with van der Waals surface area (Å²) in [5, 5.41) is 9.80. The standard InChI is InChI=1S/C14H27NO4Si/c1-9(16)12-10(8-11(17)19-5)15(13(12)18)20(6,7)14(2,3)4/h9-10,12,16H,8H2,1-7H3/t9-,10-,12-/m1/s1. The minimum Gasteiger partial charge on any atom is -0.469 e. The van der Waals surface area contributed by atoms with Gasteiger partial charge in [-0.3, -0.25) is 9.59 Å². The third-order valence-corrected chi connectivity index (χ3v) is 10.3. The summed E-state index contributed by atoms with van der Waals surface area (Å²) < 4.78 is 6.60. The highest BCUT2D eigenvalue weighted by atomic mass is 28.3. The summed E-state index contributed by atoms with van der Waals surface area (Å²) in [6.45, 7) is 12.2. The Morgan fingerprint density at radius 2 is 1.95 bits per heavy atom. The number of methoxy groups -OCH3 is 1. The molecule has 1 fully saturated rings. The first-order chi connectivity index (χ1) is 8.95. The van der Waals surface area contributed by atoms with Crippen molar-refractivity contribution >= 4 is 20.1 Å². The van der Waals surface area contributed by atoms with E-state index in [0.717, 1.165) is 0 Å². The van der Waals surface area contributed by atoms with Gasteiger partial charge in [0.05, 0.1) is 25.6 Å². The Morgan fingerprint density at radius 3 is 2.30 bits per heavy atom. The number of hydrogen-bond acceptors (Lipinski definition) is 4. The molecular formula is C14H27NO4Si. The van der Waals surface area contributed by atoms with Gasteiger partial charge in [-0.05, 0) is 12.0 Å². The number of hydrogen-bond donors (Lipinski definition) is 1. The van der Waals surface area contributed by atoms with Gasteiger partial charge in [0.1, 0.15) is 0 Å². The van der Waals surface area contributed by atoms with Gasteiger partial charge in [0, 0.05) is 6.04 Å². The molecular weight excluding hydrogens is 274 g/mol. The van der Waals surface area contributed by atoms with E-state index in [0.29, 0.717) is 0 Å². The normalized spacial score (nSPS) is 25.2. The zero-order valence-corrected chi connectivity index (χ0v) is 14.6. The number of aliphatic hydroxyl groups is 1. The Morgan fingerprint density at radius 1 is 1.45 bits per heavy atom. The predicted molar refractivity (Wildman–Crippen MR) is 79.6 cm³/mol. The van der Waals surface area contributed by atoms with Crippen molar-refractivity contribution in [1.29, 1.82) is 0 Å². The lowest BCUT2D eigenvalue weighted by Crippen LogP contribution is -2.74. The molecule has 1 aliphatic heterocycles. The summed E-state index contributed by atoms with van der Waals surface area (Å²) in [7, 11) is -0.706. The zero-order valence-electron chi connectivity index (χ0n) is 13.6. The topological polar surface area (TPSA) is 66.8 Å². The summed E-state index contributed by atoms with van der Waals surface area (Å²) in [5.41, 5.74) is 0. The van der Waals surface area contributed by atoms with Crippen LogP contribution in [0.4, 0.5) is 0 Å². The second-order valence-electron chi connectivity index (χ2n) is 7.13. The molecule has 1 amide bonds. The van der Waals surface area contributed by atoms with Gasteiger partial charge in [0.25, 0.3) is 0 Å². The fraction of sp³-hybridized carbons (Fsp3) is 0.857. The van der Waals surface area contributed by atoms with Crippen molar-refractivity contribution in [2.75, 3.05) is 7.11 Å². The van der Waals surface area contributed by atoms with Gasteiger partial charge in [0.15, 0.2) is 8.24 Å². The Hall–Kier alpha value is -0.883. The van der Waals surface area contributed by atoms with E-state index in [1.54, 1.807) is 6.92 Å². The largest absolute Gasteiger partial charge is 0.469 e. The number of carbonyl (C=O) groups excluding carboxylic acids is 2. The van der Waals surface area contributed by atoms with Crippen LogP contribution in [0.3, 0.4) is 0 Å². The highest BCUT2D eigenvalue weighted by molar-refractivity contribution is 6.80. The number of esters is 1. The number of ether oxygens (including phenoxy) is 1. The van der Waals surface area contributed by atoms with Crippen LogP contribution in [0.25, 0.3) is 0 Å². The maximum absolute atomic E-state index is 12.4. The van der Waals surface area contributed by atoms with Crippen molar-refractivity contribution in [1.82, 2.24) is 4.57 Å². The number of β-lactam (4-membered cyclic amide) rings is 1. The van der Waals surface area contributed by atoms with E-state index < -0.39 is 20.3 Å². The van der Waals surface area contributed by atoms with Gasteiger partial charge >= 0.3 is 5.97 Å². The quantitative estimate of drug-likeness (QED) is 0.488. The number of carbonyl (C=O) groups is 2. The molecule has 0 radical (unpaired) electrons. The average Bonchev–Trinajstić information content (AvgIpc) is 2.25. The van der Waals surface area contributed by atoms with Crippen molar-refractivity contribution in [3.8, 4) is 0 Å². The van der Waals surface area contributed by atoms with Gasteiger partial charge in [-0.25, -0.2) is 0 Å². The highest BCUT2D eigenvalue weighted by Crippen LogP contribution is 2.46. The Kier molecular flexibility index (Phi) is 4.71. The first-order valence-corrected chi connectivity index (χ1v) is 9.98. The molecule has 1 saturated heterocycles. The van der Waals surface area contributed by atoms with Crippen LogP contribution in [0.1, 0.15) is 34.1 Å². The molecule has 3 atom stereocenters. The fourth-order valence-electron chi connectivity index (χ4n) is 2.62. The van der Waals surface area contributed by atoms with Crippen LogP contribution in [-0.2, 0) is 14.3 Å². The molecule has 5 nitrogen and oxygen atoms in total. The Balaban J connectivity index is 3.06. The van der Waals surface area contributed by atoms with E-state index in [4.69, 9.17) is 4.74 Å². The molecule has 0 unspecified atom stereocenters. The predicted octanol–water partition coefficient (Wildman–Crippen LogP) is 1.76. The van der Waals surface area contributed by atoms with Gasteiger partial charge in [-0.15, -0.1) is 0 Å². The molecule has 20 heavy (non-hydrogen) atoms. The molecule has 6 heteroatoms. The van der Waals surface area contributed by atoms with Crippen LogP contribution < -0.4 is 0 Å². The minimum absolute atomic E-state index is 0.000688. The third-order valence-electron chi connectivity index (χ3n) is 4.83. The van der Waals surface area contributed by atoms with Crippen LogP contribution in [0.15, 0.2) is 0 Å². The number of rotatable bonds is 4. The molecule has 1 heterocycles. The zero-order chi connectivity index (χ0) is 15.9. The molecule has 1 rings (SSSR count). The molecule has 0 bridgehead atoms. The second-order valence-corrected chi connectivity index (χ2v) is 12.2. The second kappa shape index (κ2) is 5.48. The lowest BCUT2D eigenvalue weighted by molar-refractivity contribution is -0.159. The minimum atomic E-state index is -2.05. The van der Waals surface area contributed by atoms with Crippen LogP contribution in [-0.4, -0.2) is 49.0 Å². The van der Waals surface area contributed by atoms with E-state index in [1.165, 1.54) is 7.11 Å². The maximum atomic E-state index is 12.4. The third kappa shape index (κ3) is 2.76. The Bertz CT molecular complexity index is 400. The number of nitrogens with zero attached hydrogens (tertiary/aromatic N) is 1. The van der Waals surface area contributed by atoms with E-state index >= 15 is 0 Å². The molecule has 0 aromatic carbocycles. The first kappa shape index (κ1) is 17.2. The molecule has 0 aromatic heterocycles. The van der Waals surface area contributed by atoms with Crippen LogP contribution in [0.5, 0.6) is 0 Å². The SMILES string of the molecule is COC(=O)C[C@@H]1[C@@H]([C@@H](C)O)C(=O)N1[Si](C)(C)C(C)(C)C. The lowest BCUT2D eigenvalue weighted by Gasteiger charge is -2.58.